The van der Waals surface area contributed by atoms with Crippen molar-refractivity contribution in [2.45, 2.75) is 6.18 Å². The molecule has 1 aromatic carbocycles. The van der Waals surface area contributed by atoms with E-state index in [1.165, 1.54) is 6.07 Å². The van der Waals surface area contributed by atoms with Crippen LogP contribution >= 0.6 is 0 Å². The number of piperazine rings is 1. The van der Waals surface area contributed by atoms with E-state index in [4.69, 9.17) is 0 Å². The molecule has 0 aliphatic carbocycles. The minimum Gasteiger partial charge on any atom is -0.320 e. The van der Waals surface area contributed by atoms with Crippen LogP contribution in [0.4, 0.5) is 13.2 Å². The quantitative estimate of drug-likeness (QED) is 0.777. The summed E-state index contributed by atoms with van der Waals surface area (Å²) < 4.78 is 38.4. The monoisotopic (exact) mass is 286 g/mol. The first-order valence-corrected chi connectivity index (χ1v) is 5.57. The van der Waals surface area contributed by atoms with Crippen molar-refractivity contribution in [1.29, 1.82) is 0 Å². The largest absolute Gasteiger partial charge is 0.417 e. The van der Waals surface area contributed by atoms with E-state index in [2.05, 4.69) is 0 Å². The summed E-state index contributed by atoms with van der Waals surface area (Å²) in [6.45, 7) is -0.895. The van der Waals surface area contributed by atoms with Crippen molar-refractivity contribution in [3.8, 4) is 0 Å². The van der Waals surface area contributed by atoms with Crippen LogP contribution in [0, 0.1) is 0 Å². The fraction of sp³-hybridized carbons (Fsp3) is 0.250. The third kappa shape index (κ3) is 2.79. The number of halogens is 3. The second-order valence-corrected chi connectivity index (χ2v) is 4.18. The topological polar surface area (TPSA) is 66.5 Å². The third-order valence-corrected chi connectivity index (χ3v) is 2.70. The van der Waals surface area contributed by atoms with E-state index < -0.39 is 48.1 Å². The Morgan fingerprint density at radius 1 is 1.10 bits per heavy atom. The molecule has 0 aromatic heterocycles. The molecular formula is C12H9F3N2O3. The van der Waals surface area contributed by atoms with Gasteiger partial charge in [0.05, 0.1) is 11.1 Å². The Hall–Kier alpha value is -2.38. The predicted octanol–water partition coefficient (Wildman–Crippen LogP) is 0.804. The molecule has 2 rings (SSSR count). The highest BCUT2D eigenvalue weighted by Gasteiger charge is 2.37. The fourth-order valence-corrected chi connectivity index (χ4v) is 1.87. The zero-order valence-corrected chi connectivity index (χ0v) is 10.0. The van der Waals surface area contributed by atoms with Gasteiger partial charge in [-0.3, -0.25) is 19.7 Å². The number of benzene rings is 1. The lowest BCUT2D eigenvalue weighted by Gasteiger charge is -2.26. The molecule has 1 aromatic rings. The van der Waals surface area contributed by atoms with Gasteiger partial charge in [-0.25, -0.2) is 0 Å². The normalized spacial score (nSPS) is 16.1. The van der Waals surface area contributed by atoms with Gasteiger partial charge in [-0.2, -0.15) is 13.2 Å². The van der Waals surface area contributed by atoms with Gasteiger partial charge in [0.2, 0.25) is 11.8 Å². The fourth-order valence-electron chi connectivity index (χ4n) is 1.87. The molecule has 5 nitrogen and oxygen atoms in total. The van der Waals surface area contributed by atoms with Gasteiger partial charge in [-0.1, -0.05) is 12.1 Å². The molecule has 20 heavy (non-hydrogen) atoms. The van der Waals surface area contributed by atoms with Crippen LogP contribution < -0.4 is 5.32 Å². The SMILES string of the molecule is O=C1CN(C(=O)c2ccccc2C(F)(F)F)CC(=O)N1. The van der Waals surface area contributed by atoms with E-state index in [0.29, 0.717) is 0 Å². The summed E-state index contributed by atoms with van der Waals surface area (Å²) >= 11 is 0. The number of hydrogen-bond donors (Lipinski definition) is 1. The van der Waals surface area contributed by atoms with Crippen LogP contribution in [0.3, 0.4) is 0 Å². The number of alkyl halides is 3. The van der Waals surface area contributed by atoms with Crippen molar-refractivity contribution in [3.05, 3.63) is 35.4 Å². The van der Waals surface area contributed by atoms with E-state index in [1.807, 2.05) is 5.32 Å². The lowest BCUT2D eigenvalue weighted by molar-refractivity contribution is -0.138. The van der Waals surface area contributed by atoms with Crippen molar-refractivity contribution in [3.63, 3.8) is 0 Å². The van der Waals surface area contributed by atoms with Gasteiger partial charge in [0.15, 0.2) is 0 Å². The molecular weight excluding hydrogens is 277 g/mol. The Labute approximate surface area is 111 Å². The van der Waals surface area contributed by atoms with Crippen LogP contribution in [-0.2, 0) is 15.8 Å². The highest BCUT2D eigenvalue weighted by molar-refractivity contribution is 6.06. The smallest absolute Gasteiger partial charge is 0.320 e. The predicted molar refractivity (Wildman–Crippen MR) is 60.5 cm³/mol. The lowest BCUT2D eigenvalue weighted by Crippen LogP contribution is -2.53. The van der Waals surface area contributed by atoms with Crippen molar-refractivity contribution in [1.82, 2.24) is 10.2 Å². The van der Waals surface area contributed by atoms with Crippen LogP contribution in [0.25, 0.3) is 0 Å². The van der Waals surface area contributed by atoms with Crippen molar-refractivity contribution < 1.29 is 27.6 Å². The lowest BCUT2D eigenvalue weighted by atomic mass is 10.1. The molecule has 0 unspecified atom stereocenters. The molecule has 0 spiro atoms. The number of nitrogens with one attached hydrogen (secondary N) is 1. The average Bonchev–Trinajstić information content (AvgIpc) is 2.35. The molecule has 0 bridgehead atoms. The molecule has 1 N–H and O–H groups in total. The van der Waals surface area contributed by atoms with Crippen LogP contribution in [-0.4, -0.2) is 35.7 Å². The van der Waals surface area contributed by atoms with Gasteiger partial charge >= 0.3 is 6.18 Å². The molecule has 1 aliphatic heterocycles. The molecule has 0 atom stereocenters. The standard InChI is InChI=1S/C12H9F3N2O3/c13-12(14,15)8-4-2-1-3-7(8)11(20)17-5-9(18)16-10(19)6-17/h1-4H,5-6H2,(H,16,18,19). The Bertz CT molecular complexity index is 568. The van der Waals surface area contributed by atoms with Gasteiger partial charge in [0.1, 0.15) is 13.1 Å². The Kier molecular flexibility index (Phi) is 3.47. The molecule has 0 radical (unpaired) electrons. The minimum atomic E-state index is -4.69. The Balaban J connectivity index is 2.34. The van der Waals surface area contributed by atoms with Crippen LogP contribution in [0.15, 0.2) is 24.3 Å². The first-order valence-electron chi connectivity index (χ1n) is 5.57. The van der Waals surface area contributed by atoms with E-state index >= 15 is 0 Å². The molecule has 0 saturated carbocycles. The average molecular weight is 286 g/mol. The van der Waals surface area contributed by atoms with E-state index in [-0.39, 0.29) is 0 Å². The summed E-state index contributed by atoms with van der Waals surface area (Å²) in [7, 11) is 0. The number of carbonyl (C=O) groups is 3. The summed E-state index contributed by atoms with van der Waals surface area (Å²) in [5.41, 5.74) is -1.68. The highest BCUT2D eigenvalue weighted by Crippen LogP contribution is 2.32. The van der Waals surface area contributed by atoms with Gasteiger partial charge in [0.25, 0.3) is 5.91 Å². The van der Waals surface area contributed by atoms with Gasteiger partial charge < -0.3 is 4.90 Å². The third-order valence-electron chi connectivity index (χ3n) is 2.70. The van der Waals surface area contributed by atoms with Crippen molar-refractivity contribution >= 4 is 17.7 Å². The zero-order valence-electron chi connectivity index (χ0n) is 10.0. The van der Waals surface area contributed by atoms with Crippen molar-refractivity contribution in [2.75, 3.05) is 13.1 Å². The molecule has 8 heteroatoms. The summed E-state index contributed by atoms with van der Waals surface area (Å²) in [4.78, 5) is 35.1. The molecule has 1 saturated heterocycles. The maximum Gasteiger partial charge on any atom is 0.417 e. The molecule has 1 heterocycles. The molecule has 1 fully saturated rings. The summed E-state index contributed by atoms with van der Waals surface area (Å²) in [6, 6.07) is 4.24. The first kappa shape index (κ1) is 14.0. The molecule has 3 amide bonds. The number of carbonyl (C=O) groups excluding carboxylic acids is 3. The van der Waals surface area contributed by atoms with E-state index in [1.54, 1.807) is 0 Å². The minimum absolute atomic E-state index is 0.448. The highest BCUT2D eigenvalue weighted by atomic mass is 19.4. The number of nitrogens with zero attached hydrogens (tertiary/aromatic N) is 1. The second kappa shape index (κ2) is 4.95. The van der Waals surface area contributed by atoms with Crippen LogP contribution in [0.2, 0.25) is 0 Å². The summed E-state index contributed by atoms with van der Waals surface area (Å²) in [5.74, 6) is -2.45. The molecule has 106 valence electrons. The Morgan fingerprint density at radius 3 is 2.20 bits per heavy atom. The van der Waals surface area contributed by atoms with Crippen LogP contribution in [0.5, 0.6) is 0 Å². The summed E-state index contributed by atoms with van der Waals surface area (Å²) in [5, 5.41) is 1.97. The zero-order chi connectivity index (χ0) is 14.9. The number of rotatable bonds is 1. The number of amides is 3. The molecule has 1 aliphatic rings. The first-order chi connectivity index (χ1) is 9.29. The second-order valence-electron chi connectivity index (χ2n) is 4.18. The van der Waals surface area contributed by atoms with E-state index in [9.17, 15) is 27.6 Å². The van der Waals surface area contributed by atoms with Gasteiger partial charge in [-0.05, 0) is 12.1 Å². The Morgan fingerprint density at radius 2 is 1.65 bits per heavy atom. The van der Waals surface area contributed by atoms with Crippen molar-refractivity contribution in [2.24, 2.45) is 0 Å². The number of imide groups is 1. The summed E-state index contributed by atoms with van der Waals surface area (Å²) in [6.07, 6.45) is -4.69. The maximum absolute atomic E-state index is 12.8. The number of hydrogen-bond acceptors (Lipinski definition) is 3. The van der Waals surface area contributed by atoms with Gasteiger partial charge in [-0.15, -0.1) is 0 Å². The maximum atomic E-state index is 12.8. The van der Waals surface area contributed by atoms with E-state index in [0.717, 1.165) is 23.1 Å². The van der Waals surface area contributed by atoms with Crippen LogP contribution in [0.1, 0.15) is 15.9 Å². The van der Waals surface area contributed by atoms with Gasteiger partial charge in [0, 0.05) is 0 Å².